The third-order valence-corrected chi connectivity index (χ3v) is 5.66. The van der Waals surface area contributed by atoms with Gasteiger partial charge < -0.3 is 14.8 Å². The molecule has 0 bridgehead atoms. The number of hydrogen-bond acceptors (Lipinski definition) is 6. The summed E-state index contributed by atoms with van der Waals surface area (Å²) in [5, 5.41) is 3.84. The molecule has 1 heterocycles. The highest BCUT2D eigenvalue weighted by molar-refractivity contribution is 7.21. The van der Waals surface area contributed by atoms with Crippen molar-refractivity contribution in [3.05, 3.63) is 63.5 Å². The lowest BCUT2D eigenvalue weighted by molar-refractivity contribution is 0.00694. The molecular weight excluding hydrogens is 426 g/mol. The van der Waals surface area contributed by atoms with E-state index in [-0.39, 0.29) is 16.8 Å². The maximum atomic E-state index is 12.8. The summed E-state index contributed by atoms with van der Waals surface area (Å²) in [7, 11) is 1.23. The number of fused-ring (bicyclic) bond motifs is 1. The largest absolute Gasteiger partial charge is 0.465 e. The third kappa shape index (κ3) is 4.80. The van der Waals surface area contributed by atoms with Crippen molar-refractivity contribution in [2.75, 3.05) is 12.4 Å². The number of thiophene rings is 1. The molecule has 0 fully saturated rings. The number of benzene rings is 2. The van der Waals surface area contributed by atoms with E-state index in [1.54, 1.807) is 20.8 Å². The summed E-state index contributed by atoms with van der Waals surface area (Å²) in [4.78, 5) is 37.7. The van der Waals surface area contributed by atoms with Gasteiger partial charge in [-0.25, -0.2) is 9.59 Å². The van der Waals surface area contributed by atoms with Crippen LogP contribution in [0.4, 0.5) is 5.69 Å². The van der Waals surface area contributed by atoms with Gasteiger partial charge in [0.05, 0.1) is 23.3 Å². The van der Waals surface area contributed by atoms with Crippen LogP contribution in [0.25, 0.3) is 10.1 Å². The first kappa shape index (κ1) is 21.8. The van der Waals surface area contributed by atoms with Gasteiger partial charge in [-0.1, -0.05) is 29.8 Å². The molecule has 1 N–H and O–H groups in total. The lowest BCUT2D eigenvalue weighted by atomic mass is 10.1. The minimum Gasteiger partial charge on any atom is -0.465 e. The molecule has 2 aromatic carbocycles. The van der Waals surface area contributed by atoms with Crippen LogP contribution in [-0.4, -0.2) is 30.6 Å². The highest BCUT2D eigenvalue weighted by atomic mass is 35.5. The molecule has 3 rings (SSSR count). The molecule has 156 valence electrons. The van der Waals surface area contributed by atoms with Crippen LogP contribution in [0.1, 0.15) is 51.2 Å². The molecule has 0 saturated heterocycles. The van der Waals surface area contributed by atoms with E-state index in [1.165, 1.54) is 36.6 Å². The molecule has 0 saturated carbocycles. The Balaban J connectivity index is 1.96. The average molecular weight is 446 g/mol. The smallest absolute Gasteiger partial charge is 0.338 e. The second-order valence-electron chi connectivity index (χ2n) is 7.49. The lowest BCUT2D eigenvalue weighted by Crippen LogP contribution is -2.24. The molecule has 6 nitrogen and oxygen atoms in total. The van der Waals surface area contributed by atoms with Gasteiger partial charge in [-0.15, -0.1) is 11.3 Å². The van der Waals surface area contributed by atoms with Crippen molar-refractivity contribution in [2.45, 2.75) is 26.4 Å². The van der Waals surface area contributed by atoms with Crippen molar-refractivity contribution in [1.29, 1.82) is 0 Å². The predicted octanol–water partition coefficient (Wildman–Crippen LogP) is 5.55. The second kappa shape index (κ2) is 8.45. The Hall–Kier alpha value is -2.90. The van der Waals surface area contributed by atoms with Gasteiger partial charge in [-0.2, -0.15) is 0 Å². The molecule has 8 heteroatoms. The molecule has 0 radical (unpaired) electrons. The number of halogens is 1. The maximum Gasteiger partial charge on any atom is 0.338 e. The van der Waals surface area contributed by atoms with Crippen LogP contribution in [-0.2, 0) is 9.47 Å². The van der Waals surface area contributed by atoms with Gasteiger partial charge in [-0.3, -0.25) is 4.79 Å². The standard InChI is InChI=1S/C22H20ClNO5S/c1-22(2,3)29-21(27)13-9-12(20(26)28-4)10-14(11-13)24-19(25)18-17(23)15-7-5-6-8-16(15)30-18/h5-11H,1-4H3,(H,24,25). The molecule has 0 aliphatic rings. The minimum absolute atomic E-state index is 0.110. The molecule has 0 aliphatic heterocycles. The van der Waals surface area contributed by atoms with Crippen molar-refractivity contribution in [3.63, 3.8) is 0 Å². The highest BCUT2D eigenvalue weighted by Gasteiger charge is 2.22. The van der Waals surface area contributed by atoms with E-state index < -0.39 is 23.4 Å². The quantitative estimate of drug-likeness (QED) is 0.532. The molecule has 1 aromatic heterocycles. The van der Waals surface area contributed by atoms with E-state index in [2.05, 4.69) is 5.32 Å². The van der Waals surface area contributed by atoms with Gasteiger partial charge in [0.15, 0.2) is 0 Å². The number of anilines is 1. The average Bonchev–Trinajstić information content (AvgIpc) is 3.03. The number of rotatable bonds is 4. The third-order valence-electron chi connectivity index (χ3n) is 3.99. The maximum absolute atomic E-state index is 12.8. The van der Waals surface area contributed by atoms with Gasteiger partial charge in [0, 0.05) is 15.8 Å². The number of methoxy groups -OCH3 is 1. The Morgan fingerprint density at radius 1 is 1.00 bits per heavy atom. The monoisotopic (exact) mass is 445 g/mol. The van der Waals surface area contributed by atoms with E-state index in [9.17, 15) is 14.4 Å². The molecule has 0 spiro atoms. The lowest BCUT2D eigenvalue weighted by Gasteiger charge is -2.20. The summed E-state index contributed by atoms with van der Waals surface area (Å²) in [5.74, 6) is -1.71. The zero-order valence-corrected chi connectivity index (χ0v) is 18.4. The Bertz CT molecular complexity index is 1150. The van der Waals surface area contributed by atoms with Gasteiger partial charge in [-0.05, 0) is 45.0 Å². The zero-order valence-electron chi connectivity index (χ0n) is 16.9. The molecule has 0 unspecified atom stereocenters. The zero-order chi connectivity index (χ0) is 22.1. The van der Waals surface area contributed by atoms with Gasteiger partial charge in [0.2, 0.25) is 0 Å². The van der Waals surface area contributed by atoms with Crippen LogP contribution < -0.4 is 5.32 Å². The number of carbonyl (C=O) groups is 3. The molecular formula is C22H20ClNO5S. The van der Waals surface area contributed by atoms with Crippen molar-refractivity contribution in [2.24, 2.45) is 0 Å². The number of hydrogen-bond donors (Lipinski definition) is 1. The predicted molar refractivity (Wildman–Crippen MR) is 118 cm³/mol. The fourth-order valence-corrected chi connectivity index (χ4v) is 4.15. The van der Waals surface area contributed by atoms with Crippen LogP contribution in [0, 0.1) is 0 Å². The Morgan fingerprint density at radius 2 is 1.63 bits per heavy atom. The first-order chi connectivity index (χ1) is 14.1. The Kier molecular flexibility index (Phi) is 6.14. The summed E-state index contributed by atoms with van der Waals surface area (Å²) in [6.45, 7) is 5.21. The molecule has 30 heavy (non-hydrogen) atoms. The molecule has 0 atom stereocenters. The van der Waals surface area contributed by atoms with Crippen LogP contribution >= 0.6 is 22.9 Å². The first-order valence-corrected chi connectivity index (χ1v) is 10.2. The van der Waals surface area contributed by atoms with E-state index in [0.29, 0.717) is 9.90 Å². The minimum atomic E-state index is -0.716. The van der Waals surface area contributed by atoms with Crippen molar-refractivity contribution >= 4 is 56.6 Å². The molecule has 0 aliphatic carbocycles. The second-order valence-corrected chi connectivity index (χ2v) is 8.92. The van der Waals surface area contributed by atoms with Crippen LogP contribution in [0.5, 0.6) is 0 Å². The highest BCUT2D eigenvalue weighted by Crippen LogP contribution is 2.35. The molecule has 1 amide bonds. The van der Waals surface area contributed by atoms with Crippen molar-refractivity contribution in [1.82, 2.24) is 0 Å². The molecule has 3 aromatic rings. The number of nitrogens with one attached hydrogen (secondary N) is 1. The summed E-state index contributed by atoms with van der Waals surface area (Å²) >= 11 is 7.64. The van der Waals surface area contributed by atoms with E-state index in [0.717, 1.165) is 10.1 Å². The fourth-order valence-electron chi connectivity index (χ4n) is 2.74. The number of ether oxygens (including phenoxy) is 2. The summed E-state index contributed by atoms with van der Waals surface area (Å²) in [6, 6.07) is 11.7. The SMILES string of the molecule is COC(=O)c1cc(NC(=O)c2sc3ccccc3c2Cl)cc(C(=O)OC(C)(C)C)c1. The Morgan fingerprint density at radius 3 is 2.23 bits per heavy atom. The van der Waals surface area contributed by atoms with Crippen LogP contribution in [0.15, 0.2) is 42.5 Å². The topological polar surface area (TPSA) is 81.7 Å². The number of carbonyl (C=O) groups excluding carboxylic acids is 3. The summed E-state index contributed by atoms with van der Waals surface area (Å²) in [6.07, 6.45) is 0. The summed E-state index contributed by atoms with van der Waals surface area (Å²) in [5.41, 5.74) is -0.242. The summed E-state index contributed by atoms with van der Waals surface area (Å²) < 4.78 is 11.0. The number of amides is 1. The van der Waals surface area contributed by atoms with Gasteiger partial charge >= 0.3 is 11.9 Å². The van der Waals surface area contributed by atoms with E-state index in [4.69, 9.17) is 21.1 Å². The Labute approximate surface area is 182 Å². The van der Waals surface area contributed by atoms with E-state index in [1.807, 2.05) is 24.3 Å². The van der Waals surface area contributed by atoms with Gasteiger partial charge in [0.1, 0.15) is 10.5 Å². The normalized spacial score (nSPS) is 11.2. The van der Waals surface area contributed by atoms with Crippen LogP contribution in [0.3, 0.4) is 0 Å². The fraction of sp³-hybridized carbons (Fsp3) is 0.227. The van der Waals surface area contributed by atoms with Crippen molar-refractivity contribution < 1.29 is 23.9 Å². The van der Waals surface area contributed by atoms with E-state index >= 15 is 0 Å². The first-order valence-electron chi connectivity index (χ1n) is 9.04. The van der Waals surface area contributed by atoms with Crippen molar-refractivity contribution in [3.8, 4) is 0 Å². The number of esters is 2. The van der Waals surface area contributed by atoms with Crippen LogP contribution in [0.2, 0.25) is 5.02 Å². The van der Waals surface area contributed by atoms with Gasteiger partial charge in [0.25, 0.3) is 5.91 Å².